The molecule has 112 valence electrons. The summed E-state index contributed by atoms with van der Waals surface area (Å²) in [5.41, 5.74) is -3.13. The third kappa shape index (κ3) is 9.89. The van der Waals surface area contributed by atoms with E-state index in [1.165, 1.54) is 12.4 Å². The van der Waals surface area contributed by atoms with Crippen LogP contribution in [0.25, 0.3) is 0 Å². The summed E-state index contributed by atoms with van der Waals surface area (Å²) in [6, 6.07) is 0. The van der Waals surface area contributed by atoms with Crippen molar-refractivity contribution in [2.45, 2.75) is 0 Å². The Bertz CT molecular complexity index is 669. The smallest absolute Gasteiger partial charge is 1.00 e. The van der Waals surface area contributed by atoms with Gasteiger partial charge in [-0.25, -0.2) is 14.4 Å². The van der Waals surface area contributed by atoms with Gasteiger partial charge in [0, 0.05) is 23.6 Å². The molecule has 0 aliphatic heterocycles. The van der Waals surface area contributed by atoms with Gasteiger partial charge < -0.3 is 24.8 Å². The van der Waals surface area contributed by atoms with E-state index in [9.17, 15) is 14.4 Å². The fourth-order valence-electron chi connectivity index (χ4n) is 0.666. The van der Waals surface area contributed by atoms with Crippen LogP contribution in [0.4, 0.5) is 0 Å². The number of hydrogen-bond donors (Lipinski definition) is 1. The van der Waals surface area contributed by atoms with Crippen LogP contribution in [-0.2, 0) is 0 Å². The standard InChI is InChI=1S/C3HCl2N3O3.C3H2ClN3.2ClH.2Na/c4-7-1(9)6-2(10)8(5)3(7)11;4-3-1-5-7-6-2-3;;;;/h(H,6,9,10);1-2H;2*1H;;/q;;;;2*+1/p-2. The van der Waals surface area contributed by atoms with E-state index in [1.54, 1.807) is 4.98 Å². The Balaban J connectivity index is -0.000000132. The number of aromatic nitrogens is 6. The van der Waals surface area contributed by atoms with Crippen LogP contribution in [0.15, 0.2) is 26.8 Å². The summed E-state index contributed by atoms with van der Waals surface area (Å²) >= 11 is 15.5. The summed E-state index contributed by atoms with van der Waals surface area (Å²) < 4.78 is 0.322. The monoisotopic (exact) mass is 428 g/mol. The minimum absolute atomic E-state index is 0. The van der Waals surface area contributed by atoms with E-state index in [4.69, 9.17) is 35.2 Å². The number of H-pyrrole nitrogens is 1. The molecule has 0 radical (unpaired) electrons. The Kier molecular flexibility index (Phi) is 21.5. The molecule has 0 saturated heterocycles. The predicted molar refractivity (Wildman–Crippen MR) is 62.9 cm³/mol. The van der Waals surface area contributed by atoms with Crippen molar-refractivity contribution < 1.29 is 83.9 Å². The fraction of sp³-hybridized carbons (Fsp3) is 0. The second-order valence-electron chi connectivity index (χ2n) is 2.54. The fourth-order valence-corrected chi connectivity index (χ4v) is 1.03. The van der Waals surface area contributed by atoms with Crippen LogP contribution < -0.4 is 101 Å². The van der Waals surface area contributed by atoms with Crippen LogP contribution in [0.5, 0.6) is 0 Å². The molecule has 0 amide bonds. The van der Waals surface area contributed by atoms with Crippen molar-refractivity contribution in [2.24, 2.45) is 0 Å². The van der Waals surface area contributed by atoms with Crippen molar-refractivity contribution in [3.63, 3.8) is 0 Å². The molecule has 22 heavy (non-hydrogen) atoms. The van der Waals surface area contributed by atoms with Crippen LogP contribution in [0, 0.1) is 0 Å². The van der Waals surface area contributed by atoms with Crippen molar-refractivity contribution in [3.8, 4) is 0 Å². The number of hydrogen-bond acceptors (Lipinski definition) is 6. The van der Waals surface area contributed by atoms with Crippen LogP contribution >= 0.6 is 35.2 Å². The van der Waals surface area contributed by atoms with Gasteiger partial charge in [-0.1, -0.05) is 11.6 Å². The minimum atomic E-state index is -1.10. The van der Waals surface area contributed by atoms with Gasteiger partial charge in [0.05, 0.1) is 17.4 Å². The molecular formula is C6H3Cl5N6Na2O3. The Hall–Kier alpha value is 0.870. The zero-order valence-electron chi connectivity index (χ0n) is 11.0. The van der Waals surface area contributed by atoms with Gasteiger partial charge in [0.15, 0.2) is 0 Å². The summed E-state index contributed by atoms with van der Waals surface area (Å²) in [6.45, 7) is 0. The normalized spacial score (nSPS) is 7.77. The van der Waals surface area contributed by atoms with Gasteiger partial charge >= 0.3 is 76.2 Å². The summed E-state index contributed by atoms with van der Waals surface area (Å²) in [5.74, 6) is 0. The van der Waals surface area contributed by atoms with Crippen molar-refractivity contribution in [2.75, 3.05) is 0 Å². The molecule has 1 N–H and O–H groups in total. The third-order valence-electron chi connectivity index (χ3n) is 1.37. The van der Waals surface area contributed by atoms with Gasteiger partial charge in [-0.15, -0.1) is 18.4 Å². The van der Waals surface area contributed by atoms with E-state index < -0.39 is 17.1 Å². The number of aromatic amines is 1. The molecule has 0 aromatic carbocycles. The topological polar surface area (TPSA) is 116 Å². The van der Waals surface area contributed by atoms with Gasteiger partial charge in [0.1, 0.15) is 0 Å². The Morgan fingerprint density at radius 2 is 1.27 bits per heavy atom. The first kappa shape index (κ1) is 30.7. The molecule has 9 nitrogen and oxygen atoms in total. The molecule has 0 atom stereocenters. The van der Waals surface area contributed by atoms with Crippen molar-refractivity contribution in [1.82, 2.24) is 28.6 Å². The first-order valence-electron chi connectivity index (χ1n) is 4.03. The summed E-state index contributed by atoms with van der Waals surface area (Å²) in [7, 11) is 0. The van der Waals surface area contributed by atoms with Crippen LogP contribution in [0.2, 0.25) is 5.02 Å². The maximum absolute atomic E-state index is 10.7. The van der Waals surface area contributed by atoms with E-state index in [-0.39, 0.29) is 92.1 Å². The number of halogens is 5. The molecule has 0 fully saturated rings. The summed E-state index contributed by atoms with van der Waals surface area (Å²) in [5, 5.41) is 10.6. The van der Waals surface area contributed by atoms with Crippen molar-refractivity contribution in [3.05, 3.63) is 48.9 Å². The van der Waals surface area contributed by atoms with E-state index in [0.29, 0.717) is 5.02 Å². The van der Waals surface area contributed by atoms with E-state index in [2.05, 4.69) is 15.4 Å². The first-order valence-corrected chi connectivity index (χ1v) is 5.08. The maximum Gasteiger partial charge on any atom is 1.00 e. The molecule has 0 aliphatic rings. The van der Waals surface area contributed by atoms with E-state index in [0.717, 1.165) is 0 Å². The average molecular weight is 430 g/mol. The molecule has 16 heteroatoms. The summed E-state index contributed by atoms with van der Waals surface area (Å²) in [4.78, 5) is 33.4. The first-order chi connectivity index (χ1) is 8.43. The van der Waals surface area contributed by atoms with Gasteiger partial charge in [0.25, 0.3) is 0 Å². The Morgan fingerprint density at radius 1 is 0.909 bits per heavy atom. The van der Waals surface area contributed by atoms with Crippen LogP contribution in [-0.4, -0.2) is 28.6 Å². The van der Waals surface area contributed by atoms with Crippen LogP contribution in [0.1, 0.15) is 0 Å². The number of nitrogens with zero attached hydrogens (tertiary/aromatic N) is 5. The molecule has 0 aliphatic carbocycles. The second-order valence-corrected chi connectivity index (χ2v) is 3.66. The third-order valence-corrected chi connectivity index (χ3v) is 2.16. The molecule has 2 aromatic rings. The zero-order valence-corrected chi connectivity index (χ0v) is 18.8. The molecular weight excluding hydrogens is 427 g/mol. The van der Waals surface area contributed by atoms with Crippen molar-refractivity contribution in [1.29, 1.82) is 0 Å². The molecule has 0 spiro atoms. The molecule has 0 bridgehead atoms. The van der Waals surface area contributed by atoms with E-state index >= 15 is 0 Å². The van der Waals surface area contributed by atoms with Gasteiger partial charge in [-0.2, -0.15) is 0 Å². The van der Waals surface area contributed by atoms with Gasteiger partial charge in [-0.05, 0) is 5.21 Å². The van der Waals surface area contributed by atoms with Gasteiger partial charge in [0.2, 0.25) is 0 Å². The zero-order chi connectivity index (χ0) is 13.7. The predicted octanol–water partition coefficient (Wildman–Crippen LogP) is -12.8. The number of rotatable bonds is 0. The van der Waals surface area contributed by atoms with E-state index in [1.807, 2.05) is 0 Å². The molecule has 0 unspecified atom stereocenters. The molecule has 2 heterocycles. The molecule has 2 rings (SSSR count). The maximum atomic E-state index is 10.7. The quantitative estimate of drug-likeness (QED) is 0.415. The van der Waals surface area contributed by atoms with Gasteiger partial charge in [-0.3, -0.25) is 4.98 Å². The van der Waals surface area contributed by atoms with Crippen LogP contribution in [0.3, 0.4) is 0 Å². The number of nitrogens with one attached hydrogen (secondary N) is 1. The molecule has 2 aromatic heterocycles. The average Bonchev–Trinajstić information content (AvgIpc) is 2.36. The largest absolute Gasteiger partial charge is 1.00 e. The SMILES string of the molecule is Clc1cnnnc1.O=c1[nH]c(=O)n(Cl)c(=O)n1Cl.[Cl-].[Cl-].[Na+].[Na+]. The second kappa shape index (κ2) is 15.4. The Labute approximate surface area is 194 Å². The van der Waals surface area contributed by atoms with Crippen molar-refractivity contribution >= 4 is 35.2 Å². The minimum Gasteiger partial charge on any atom is -1.00 e. The molecule has 0 saturated carbocycles. The summed E-state index contributed by atoms with van der Waals surface area (Å²) in [6.07, 6.45) is 2.85. The Morgan fingerprint density at radius 3 is 1.55 bits per heavy atom.